The van der Waals surface area contributed by atoms with E-state index in [2.05, 4.69) is 17.5 Å². The first-order valence-corrected chi connectivity index (χ1v) is 9.68. The van der Waals surface area contributed by atoms with Crippen LogP contribution in [0, 0.1) is 17.2 Å². The van der Waals surface area contributed by atoms with E-state index in [0.29, 0.717) is 12.3 Å². The second kappa shape index (κ2) is 7.35. The SMILES string of the molecule is N#C[C@H](Cc1ccccc1)NC(=O)C1CC2Cc3ccccc3N=C2S1. The molecule has 2 aromatic carbocycles. The van der Waals surface area contributed by atoms with Crippen LogP contribution in [-0.2, 0) is 17.6 Å². The number of nitrogens with one attached hydrogen (secondary N) is 1. The summed E-state index contributed by atoms with van der Waals surface area (Å²) in [4.78, 5) is 17.4. The van der Waals surface area contributed by atoms with Gasteiger partial charge in [-0.2, -0.15) is 5.26 Å². The molecule has 0 bridgehead atoms. The van der Waals surface area contributed by atoms with E-state index >= 15 is 0 Å². The summed E-state index contributed by atoms with van der Waals surface area (Å²) in [7, 11) is 0. The number of carbonyl (C=O) groups excluding carboxylic acids is 1. The molecule has 4 nitrogen and oxygen atoms in total. The maximum Gasteiger partial charge on any atom is 0.234 e. The molecule has 0 saturated carbocycles. The maximum absolute atomic E-state index is 12.7. The molecule has 1 N–H and O–H groups in total. The van der Waals surface area contributed by atoms with E-state index in [1.165, 1.54) is 5.56 Å². The van der Waals surface area contributed by atoms with E-state index < -0.39 is 6.04 Å². The predicted molar refractivity (Wildman–Crippen MR) is 104 cm³/mol. The molecule has 1 saturated heterocycles. The number of aliphatic imine (C=N–C) groups is 1. The van der Waals surface area contributed by atoms with Gasteiger partial charge in [0.2, 0.25) is 5.91 Å². The molecule has 1 fully saturated rings. The highest BCUT2D eigenvalue weighted by Crippen LogP contribution is 2.42. The number of hydrogen-bond donors (Lipinski definition) is 1. The summed E-state index contributed by atoms with van der Waals surface area (Å²) in [5.74, 6) is 0.263. The molecule has 2 aliphatic rings. The van der Waals surface area contributed by atoms with Crippen molar-refractivity contribution in [3.63, 3.8) is 0 Å². The zero-order valence-corrected chi connectivity index (χ0v) is 15.1. The number of thioether (sulfide) groups is 1. The van der Waals surface area contributed by atoms with Gasteiger partial charge in [-0.25, -0.2) is 4.99 Å². The Morgan fingerprint density at radius 1 is 1.23 bits per heavy atom. The Labute approximate surface area is 157 Å². The minimum Gasteiger partial charge on any atom is -0.339 e. The monoisotopic (exact) mass is 361 g/mol. The first kappa shape index (κ1) is 16.9. The van der Waals surface area contributed by atoms with E-state index in [1.807, 2.05) is 48.5 Å². The lowest BCUT2D eigenvalue weighted by Crippen LogP contribution is -2.40. The lowest BCUT2D eigenvalue weighted by atomic mass is 9.92. The lowest BCUT2D eigenvalue weighted by Gasteiger charge is -2.17. The van der Waals surface area contributed by atoms with Crippen LogP contribution in [-0.4, -0.2) is 22.2 Å². The van der Waals surface area contributed by atoms with Crippen LogP contribution in [0.25, 0.3) is 0 Å². The van der Waals surface area contributed by atoms with Gasteiger partial charge < -0.3 is 5.32 Å². The summed E-state index contributed by atoms with van der Waals surface area (Å²) in [6.45, 7) is 0. The fourth-order valence-corrected chi connectivity index (χ4v) is 4.84. The zero-order chi connectivity index (χ0) is 17.9. The summed E-state index contributed by atoms with van der Waals surface area (Å²) in [6.07, 6.45) is 2.25. The summed E-state index contributed by atoms with van der Waals surface area (Å²) in [5, 5.41) is 13.2. The van der Waals surface area contributed by atoms with Crippen LogP contribution in [0.3, 0.4) is 0 Å². The van der Waals surface area contributed by atoms with Gasteiger partial charge in [0.05, 0.1) is 22.1 Å². The van der Waals surface area contributed by atoms with E-state index in [1.54, 1.807) is 11.8 Å². The quantitative estimate of drug-likeness (QED) is 0.904. The third-order valence-electron chi connectivity index (χ3n) is 4.85. The van der Waals surface area contributed by atoms with E-state index in [4.69, 9.17) is 4.99 Å². The Kier molecular flexibility index (Phi) is 4.77. The maximum atomic E-state index is 12.7. The van der Waals surface area contributed by atoms with Crippen molar-refractivity contribution in [3.8, 4) is 6.07 Å². The largest absolute Gasteiger partial charge is 0.339 e. The molecular formula is C21H19N3OS. The van der Waals surface area contributed by atoms with Crippen molar-refractivity contribution in [2.75, 3.05) is 0 Å². The number of para-hydroxylation sites is 1. The second-order valence-electron chi connectivity index (χ2n) is 6.70. The van der Waals surface area contributed by atoms with Crippen LogP contribution in [0.5, 0.6) is 0 Å². The van der Waals surface area contributed by atoms with Crippen LogP contribution in [0.4, 0.5) is 5.69 Å². The van der Waals surface area contributed by atoms with E-state index in [-0.39, 0.29) is 11.2 Å². The van der Waals surface area contributed by atoms with Gasteiger partial charge in [-0.15, -0.1) is 0 Å². The fourth-order valence-electron chi connectivity index (χ4n) is 3.52. The average Bonchev–Trinajstić information content (AvgIpc) is 3.09. The molecule has 2 aromatic rings. The van der Waals surface area contributed by atoms with E-state index in [9.17, 15) is 10.1 Å². The number of fused-ring (bicyclic) bond motifs is 2. The highest BCUT2D eigenvalue weighted by Gasteiger charge is 2.38. The Morgan fingerprint density at radius 2 is 2.00 bits per heavy atom. The molecule has 0 spiro atoms. The van der Waals surface area contributed by atoms with Gasteiger partial charge in [0.15, 0.2) is 0 Å². The molecule has 0 aromatic heterocycles. The molecule has 1 amide bonds. The highest BCUT2D eigenvalue weighted by molar-refractivity contribution is 8.15. The van der Waals surface area contributed by atoms with E-state index in [0.717, 1.165) is 29.1 Å². The summed E-state index contributed by atoms with van der Waals surface area (Å²) in [5.41, 5.74) is 3.32. The molecule has 26 heavy (non-hydrogen) atoms. The summed E-state index contributed by atoms with van der Waals surface area (Å²) < 4.78 is 0. The Balaban J connectivity index is 1.40. The average molecular weight is 361 g/mol. The van der Waals surface area contributed by atoms with Crippen molar-refractivity contribution in [3.05, 3.63) is 65.7 Å². The Hall–Kier alpha value is -2.58. The van der Waals surface area contributed by atoms with Crippen molar-refractivity contribution >= 4 is 28.4 Å². The Morgan fingerprint density at radius 3 is 2.81 bits per heavy atom. The molecule has 130 valence electrons. The second-order valence-corrected chi connectivity index (χ2v) is 7.93. The summed E-state index contributed by atoms with van der Waals surface area (Å²) >= 11 is 1.55. The van der Waals surface area contributed by atoms with Crippen LogP contribution >= 0.6 is 11.8 Å². The van der Waals surface area contributed by atoms with Gasteiger partial charge >= 0.3 is 0 Å². The van der Waals surface area contributed by atoms with Gasteiger partial charge in [0.1, 0.15) is 6.04 Å². The first-order chi connectivity index (χ1) is 12.7. The smallest absolute Gasteiger partial charge is 0.234 e. The molecule has 5 heteroatoms. The third kappa shape index (κ3) is 3.51. The number of nitriles is 1. The number of nitrogens with zero attached hydrogens (tertiary/aromatic N) is 2. The topological polar surface area (TPSA) is 65.2 Å². The molecule has 2 aliphatic heterocycles. The van der Waals surface area contributed by atoms with Crippen molar-refractivity contribution < 1.29 is 4.79 Å². The number of benzene rings is 2. The zero-order valence-electron chi connectivity index (χ0n) is 14.3. The van der Waals surface area contributed by atoms with Gasteiger partial charge in [-0.1, -0.05) is 60.3 Å². The predicted octanol–water partition coefficient (Wildman–Crippen LogP) is 3.65. The molecule has 4 rings (SSSR count). The van der Waals surface area contributed by atoms with Gasteiger partial charge in [0, 0.05) is 12.3 Å². The molecule has 2 heterocycles. The normalized spacial score (nSPS) is 21.7. The van der Waals surface area contributed by atoms with Gasteiger partial charge in [-0.3, -0.25) is 4.79 Å². The lowest BCUT2D eigenvalue weighted by molar-refractivity contribution is -0.121. The minimum absolute atomic E-state index is 0.0568. The molecule has 0 radical (unpaired) electrons. The fraction of sp³-hybridized carbons (Fsp3) is 0.286. The van der Waals surface area contributed by atoms with Crippen molar-refractivity contribution in [2.45, 2.75) is 30.6 Å². The van der Waals surface area contributed by atoms with Gasteiger partial charge in [0.25, 0.3) is 0 Å². The number of carbonyl (C=O) groups is 1. The highest BCUT2D eigenvalue weighted by atomic mass is 32.2. The minimum atomic E-state index is -0.507. The van der Waals surface area contributed by atoms with Gasteiger partial charge in [-0.05, 0) is 30.0 Å². The first-order valence-electron chi connectivity index (χ1n) is 8.80. The van der Waals surface area contributed by atoms with Crippen LogP contribution < -0.4 is 5.32 Å². The number of hydrogen-bond acceptors (Lipinski definition) is 4. The van der Waals surface area contributed by atoms with Crippen LogP contribution in [0.15, 0.2) is 59.6 Å². The number of amides is 1. The standard InChI is InChI=1S/C21H19N3OS/c22-13-17(10-14-6-2-1-3-7-14)23-20(25)19-12-16-11-15-8-4-5-9-18(15)24-21(16)26-19/h1-9,16-17,19H,10-12H2,(H,23,25)/t16?,17-,19?/m0/s1. The van der Waals surface area contributed by atoms with Crippen LogP contribution in [0.1, 0.15) is 17.5 Å². The van der Waals surface area contributed by atoms with Crippen molar-refractivity contribution in [1.82, 2.24) is 5.32 Å². The Bertz CT molecular complexity index is 888. The van der Waals surface area contributed by atoms with Crippen molar-refractivity contribution in [1.29, 1.82) is 5.26 Å². The molecular weight excluding hydrogens is 342 g/mol. The molecule has 2 unspecified atom stereocenters. The molecule has 3 atom stereocenters. The van der Waals surface area contributed by atoms with Crippen LogP contribution in [0.2, 0.25) is 0 Å². The summed E-state index contributed by atoms with van der Waals surface area (Å²) in [6, 6.07) is 19.6. The number of rotatable bonds is 4. The third-order valence-corrected chi connectivity index (χ3v) is 6.20. The molecule has 0 aliphatic carbocycles. The van der Waals surface area contributed by atoms with Crippen molar-refractivity contribution in [2.24, 2.45) is 10.9 Å².